The lowest BCUT2D eigenvalue weighted by Gasteiger charge is -2.45. The zero-order chi connectivity index (χ0) is 68.7. The maximum atomic E-state index is 14.0. The van der Waals surface area contributed by atoms with Crippen molar-refractivity contribution < 1.29 is 27.4 Å². The summed E-state index contributed by atoms with van der Waals surface area (Å²) in [5, 5.41) is 0. The van der Waals surface area contributed by atoms with Gasteiger partial charge in [-0.1, -0.05) is 19.3 Å². The Morgan fingerprint density at radius 2 is 0.888 bits per heavy atom. The summed E-state index contributed by atoms with van der Waals surface area (Å²) in [6, 6.07) is 1.82. The van der Waals surface area contributed by atoms with Crippen LogP contribution >= 0.6 is 0 Å². The summed E-state index contributed by atoms with van der Waals surface area (Å²) < 4.78 is 52.2. The first-order valence-corrected chi connectivity index (χ1v) is 36.2. The first-order valence-electron chi connectivity index (χ1n) is 36.2. The number of carbonyl (C=O) groups is 1. The van der Waals surface area contributed by atoms with Crippen molar-refractivity contribution in [1.29, 1.82) is 0 Å². The number of anilines is 10. The molecular formula is C72H109F3N20O3. The predicted octanol–water partition coefficient (Wildman–Crippen LogP) is 7.25. The van der Waals surface area contributed by atoms with E-state index in [0.29, 0.717) is 90.3 Å². The van der Waals surface area contributed by atoms with Gasteiger partial charge in [-0.25, -0.2) is 13.2 Å². The number of morpholine rings is 1. The van der Waals surface area contributed by atoms with Gasteiger partial charge in [0.2, 0.25) is 5.91 Å². The molecule has 0 radical (unpaired) electrons. The number of ether oxygens (including phenoxy) is 2. The first-order chi connectivity index (χ1) is 47.6. The Bertz CT molecular complexity index is 3170. The fourth-order valence-electron chi connectivity index (χ4n) is 17.0. The third-order valence-corrected chi connectivity index (χ3v) is 22.1. The Kier molecular flexibility index (Phi) is 25.5. The van der Waals surface area contributed by atoms with E-state index in [-0.39, 0.29) is 17.6 Å². The largest absolute Gasteiger partial charge is 0.396 e. The number of hydrogen-bond acceptors (Lipinski definition) is 22. The maximum Gasteiger partial charge on any atom is 0.226 e. The van der Waals surface area contributed by atoms with Gasteiger partial charge in [-0.15, -0.1) is 0 Å². The molecule has 0 aromatic carbocycles. The molecular weight excluding hydrogens is 1250 g/mol. The van der Waals surface area contributed by atoms with Crippen LogP contribution in [0.2, 0.25) is 0 Å². The van der Waals surface area contributed by atoms with Gasteiger partial charge in [0.1, 0.15) is 0 Å². The van der Waals surface area contributed by atoms with Crippen LogP contribution in [-0.4, -0.2) is 238 Å². The Balaban J connectivity index is 0.000000124. The average Bonchev–Trinajstić information content (AvgIpc) is 0.988. The van der Waals surface area contributed by atoms with Gasteiger partial charge in [-0.05, 0) is 114 Å². The van der Waals surface area contributed by atoms with Crippen molar-refractivity contribution >= 4 is 62.8 Å². The van der Waals surface area contributed by atoms with Gasteiger partial charge >= 0.3 is 0 Å². The maximum absolute atomic E-state index is 14.0. The number of nitrogens with zero attached hydrogens (tertiary/aromatic N) is 15. The number of fused-ring (bicyclic) bond motifs is 4. The second-order valence-electron chi connectivity index (χ2n) is 28.4. The van der Waals surface area contributed by atoms with Crippen LogP contribution in [0, 0.1) is 49.1 Å². The summed E-state index contributed by atoms with van der Waals surface area (Å²) in [6.45, 7) is 26.8. The highest BCUT2D eigenvalue weighted by atomic mass is 19.1. The number of pyridine rings is 5. The predicted molar refractivity (Wildman–Crippen MR) is 386 cm³/mol. The number of nitrogens with two attached hydrogens (primary N) is 5. The molecule has 8 saturated heterocycles. The molecule has 2 aliphatic carbocycles. The number of halogens is 3. The van der Waals surface area contributed by atoms with Crippen LogP contribution in [-0.2, 0) is 14.3 Å². The van der Waals surface area contributed by atoms with Crippen LogP contribution in [0.25, 0.3) is 0 Å². The lowest BCUT2D eigenvalue weighted by atomic mass is 9.87. The number of aromatic nitrogens is 5. The molecule has 23 nitrogen and oxygen atoms in total. The lowest BCUT2D eigenvalue weighted by Crippen LogP contribution is -2.55. The number of carbonyl (C=O) groups excluding carboxylic acids is 1. The topological polar surface area (TPSA) is 262 Å². The highest BCUT2D eigenvalue weighted by Gasteiger charge is 2.45. The monoisotopic (exact) mass is 1360 g/mol. The minimum absolute atomic E-state index is 0.239. The van der Waals surface area contributed by atoms with Crippen molar-refractivity contribution in [2.75, 3.05) is 218 Å². The molecule has 0 spiro atoms. The van der Waals surface area contributed by atoms with Crippen LogP contribution in [0.5, 0.6) is 0 Å². The normalized spacial score (nSPS) is 24.0. The van der Waals surface area contributed by atoms with Crippen molar-refractivity contribution in [3.8, 4) is 0 Å². The van der Waals surface area contributed by atoms with Crippen molar-refractivity contribution in [2.24, 2.45) is 17.8 Å². The molecule has 10 N–H and O–H groups in total. The SMILES string of the molecule is COCCCN1CCN(c2c(C)cncc2N)CC1.Cc1cncc(N)c1N1CCC(N2CCOCC2)CC1.Nc1cncc(F)c1N1CCN(C(=O)C2CC3CCC2C3)CC1.Nc1cncc(F)c1N1CCN2CCCC[C@@H]2C1.Nc1cncc(F)c1N1CCN2CCCC[C@H]2C1. The van der Waals surface area contributed by atoms with E-state index in [1.165, 1.54) is 132 Å². The van der Waals surface area contributed by atoms with E-state index in [9.17, 15) is 18.0 Å². The summed E-state index contributed by atoms with van der Waals surface area (Å²) in [5.41, 5.74) is 38.7. The van der Waals surface area contributed by atoms with Gasteiger partial charge in [0.05, 0.1) is 120 Å². The number of rotatable bonds is 11. The number of piperazine rings is 4. The van der Waals surface area contributed by atoms with E-state index in [1.807, 2.05) is 22.2 Å². The minimum atomic E-state index is -0.391. The van der Waals surface area contributed by atoms with Crippen LogP contribution in [0.4, 0.5) is 70.0 Å². The molecule has 15 rings (SSSR count). The molecule has 5 atom stereocenters. The zero-order valence-corrected chi connectivity index (χ0v) is 58.4. The summed E-state index contributed by atoms with van der Waals surface area (Å²) in [5.74, 6) is 0.944. The van der Waals surface area contributed by atoms with E-state index in [1.54, 1.807) is 19.5 Å². The van der Waals surface area contributed by atoms with Gasteiger partial charge in [0.25, 0.3) is 0 Å². The zero-order valence-electron chi connectivity index (χ0n) is 58.4. The number of nitrogen functional groups attached to an aromatic ring is 5. The molecule has 1 amide bonds. The van der Waals surface area contributed by atoms with Crippen molar-refractivity contribution in [2.45, 2.75) is 115 Å². The highest BCUT2D eigenvalue weighted by molar-refractivity contribution is 5.80. The fourth-order valence-corrected chi connectivity index (χ4v) is 17.0. The summed E-state index contributed by atoms with van der Waals surface area (Å²) in [7, 11) is 1.76. The summed E-state index contributed by atoms with van der Waals surface area (Å²) in [4.78, 5) is 55.4. The molecule has 2 saturated carbocycles. The molecule has 98 heavy (non-hydrogen) atoms. The first kappa shape index (κ1) is 72.0. The van der Waals surface area contributed by atoms with E-state index >= 15 is 0 Å². The standard InChI is InChI=1S/C17H23FN4O.C15H24N4O.C14H24N4O.2C13H19FN4/c18-14-9-20-10-15(19)16(14)21-3-5-22(6-4-21)17(23)13-8-11-1-2-12(13)7-11;1-12-10-17-11-14(16)15(12)19-4-2-13(3-5-19)18-6-8-20-9-7-18;1-12-10-16-11-13(15)14(12)18-7-5-17(6-8-18)4-3-9-19-2;2*14-11-7-16-8-12(15)13(11)18-6-5-17-4-2-1-3-10(17)9-18/h9-13H,1-8,19H2;10-11,13H,2-9,16H2,1H3;10-11H,3-9,15H2,1-2H3;2*7-8,10H,1-6,9,15H2/t;;;2*10-/m...10/s1. The molecule has 26 heteroatoms. The Labute approximate surface area is 578 Å². The Morgan fingerprint density at radius 1 is 0.459 bits per heavy atom. The third kappa shape index (κ3) is 18.0. The van der Waals surface area contributed by atoms with E-state index in [2.05, 4.69) is 78.0 Å². The highest BCUT2D eigenvalue weighted by Crippen LogP contribution is 2.49. The van der Waals surface area contributed by atoms with Crippen molar-refractivity contribution in [1.82, 2.24) is 49.4 Å². The van der Waals surface area contributed by atoms with E-state index in [4.69, 9.17) is 38.1 Å². The van der Waals surface area contributed by atoms with E-state index in [0.717, 1.165) is 159 Å². The number of piperidine rings is 3. The summed E-state index contributed by atoms with van der Waals surface area (Å²) in [6.07, 6.45) is 31.5. The Morgan fingerprint density at radius 3 is 1.34 bits per heavy atom. The molecule has 3 unspecified atom stereocenters. The molecule has 8 aliphatic heterocycles. The molecule has 13 heterocycles. The second kappa shape index (κ2) is 34.7. The van der Waals surface area contributed by atoms with Gasteiger partial charge in [-0.3, -0.25) is 49.3 Å². The molecule has 2 bridgehead atoms. The quantitative estimate of drug-likeness (QED) is 0.0816. The van der Waals surface area contributed by atoms with Gasteiger partial charge in [0.15, 0.2) is 17.5 Å². The molecule has 536 valence electrons. The van der Waals surface area contributed by atoms with Gasteiger partial charge in [0, 0.05) is 175 Å². The van der Waals surface area contributed by atoms with Gasteiger partial charge in [-0.2, -0.15) is 0 Å². The molecule has 10 fully saturated rings. The molecule has 10 aliphatic rings. The minimum Gasteiger partial charge on any atom is -0.396 e. The average molecular weight is 1360 g/mol. The smallest absolute Gasteiger partial charge is 0.226 e. The Hall–Kier alpha value is -7.23. The van der Waals surface area contributed by atoms with Crippen LogP contribution in [0.1, 0.15) is 94.6 Å². The lowest BCUT2D eigenvalue weighted by molar-refractivity contribution is -0.137. The molecule has 5 aromatic rings. The number of aryl methyl sites for hydroxylation is 2. The summed E-state index contributed by atoms with van der Waals surface area (Å²) >= 11 is 0. The molecule has 5 aromatic heterocycles. The third-order valence-electron chi connectivity index (χ3n) is 22.1. The van der Waals surface area contributed by atoms with Crippen molar-refractivity contribution in [3.63, 3.8) is 0 Å². The fraction of sp³-hybridized carbons (Fsp3) is 0.639. The number of methoxy groups -OCH3 is 1. The number of amides is 1. The van der Waals surface area contributed by atoms with Crippen LogP contribution < -0.4 is 53.2 Å². The second-order valence-corrected chi connectivity index (χ2v) is 28.4. The van der Waals surface area contributed by atoms with Crippen LogP contribution in [0.15, 0.2) is 62.0 Å². The van der Waals surface area contributed by atoms with Crippen LogP contribution in [0.3, 0.4) is 0 Å². The van der Waals surface area contributed by atoms with Crippen molar-refractivity contribution in [3.05, 3.63) is 90.5 Å². The van der Waals surface area contributed by atoms with E-state index < -0.39 is 5.82 Å². The number of hydrogen-bond donors (Lipinski definition) is 5. The van der Waals surface area contributed by atoms with Gasteiger partial charge < -0.3 is 67.5 Å².